The van der Waals surface area contributed by atoms with Crippen LogP contribution in [0.2, 0.25) is 0 Å². The van der Waals surface area contributed by atoms with Gasteiger partial charge in [-0.3, -0.25) is 9.59 Å². The van der Waals surface area contributed by atoms with Gasteiger partial charge in [-0.25, -0.2) is 0 Å². The van der Waals surface area contributed by atoms with E-state index in [2.05, 4.69) is 95.6 Å². The Balaban J connectivity index is 5.22. The lowest BCUT2D eigenvalue weighted by Gasteiger charge is -2.52. The van der Waals surface area contributed by atoms with Crippen molar-refractivity contribution in [3.8, 4) is 0 Å². The van der Waals surface area contributed by atoms with E-state index in [1.54, 1.807) is 0 Å². The Kier molecular flexibility index (Phi) is 11.2. The highest BCUT2D eigenvalue weighted by Gasteiger charge is 2.49. The zero-order chi connectivity index (χ0) is 26.5. The second kappa shape index (κ2) is 11.6. The minimum Gasteiger partial charge on any atom is -0.481 e. The smallest absolute Gasteiger partial charge is 0.303 e. The van der Waals surface area contributed by atoms with Gasteiger partial charge in [0.2, 0.25) is 5.91 Å². The van der Waals surface area contributed by atoms with Gasteiger partial charge < -0.3 is 14.9 Å². The number of amides is 1. The first-order valence-corrected chi connectivity index (χ1v) is 12.8. The summed E-state index contributed by atoms with van der Waals surface area (Å²) in [5, 5.41) is 12.1. The molecule has 0 aliphatic heterocycles. The Morgan fingerprint density at radius 1 is 0.879 bits per heavy atom. The number of hydrogen-bond donors (Lipinski definition) is 2. The van der Waals surface area contributed by atoms with Crippen molar-refractivity contribution in [1.29, 1.82) is 0 Å². The predicted molar refractivity (Wildman–Crippen MR) is 140 cm³/mol. The molecule has 0 saturated carbocycles. The maximum Gasteiger partial charge on any atom is 0.303 e. The van der Waals surface area contributed by atoms with Crippen LogP contribution in [0.3, 0.4) is 0 Å². The number of nitrogens with one attached hydrogen (secondary N) is 1. The van der Waals surface area contributed by atoms with E-state index < -0.39 is 5.97 Å². The average molecular weight is 470 g/mol. The fraction of sp³-hybridized carbons (Fsp3) is 0.929. The highest BCUT2D eigenvalue weighted by molar-refractivity contribution is 5.79. The molecule has 0 heterocycles. The number of carboxylic acid groups (broad SMARTS) is 1. The molecule has 0 radical (unpaired) electrons. The lowest BCUT2D eigenvalue weighted by molar-refractivity contribution is -0.890. The third-order valence-corrected chi connectivity index (χ3v) is 7.96. The molecule has 2 atom stereocenters. The lowest BCUT2D eigenvalue weighted by Crippen LogP contribution is -2.51. The molecule has 0 aliphatic carbocycles. The van der Waals surface area contributed by atoms with Crippen LogP contribution in [0.25, 0.3) is 0 Å². The summed E-state index contributed by atoms with van der Waals surface area (Å²) in [5.41, 5.74) is 0.171. The molecule has 0 fully saturated rings. The number of carbonyl (C=O) groups is 2. The van der Waals surface area contributed by atoms with Crippen LogP contribution in [0.15, 0.2) is 0 Å². The van der Waals surface area contributed by atoms with Crippen LogP contribution in [-0.4, -0.2) is 55.2 Å². The van der Waals surface area contributed by atoms with E-state index >= 15 is 0 Å². The molecule has 0 spiro atoms. The van der Waals surface area contributed by atoms with Crippen LogP contribution in [0.5, 0.6) is 0 Å². The summed E-state index contributed by atoms with van der Waals surface area (Å²) < 4.78 is 0.774. The third-order valence-electron chi connectivity index (χ3n) is 7.96. The van der Waals surface area contributed by atoms with Crippen molar-refractivity contribution in [2.45, 2.75) is 102 Å². The first-order valence-electron chi connectivity index (χ1n) is 12.8. The maximum absolute atomic E-state index is 13.5. The standard InChI is InChI=1S/C28H56N2O3/c1-21(28(10,11)27(8,9)20-25(2,3)4)23(26(5,6)7)24(33)29-17-15-19-30(12,13)18-14-16-22(31)32/h21,23H,14-20H2,1-13H3,(H-,29,31,32,33)/p+1. The lowest BCUT2D eigenvalue weighted by atomic mass is 9.52. The Morgan fingerprint density at radius 2 is 1.36 bits per heavy atom. The molecular formula is C28H57N2O3+. The number of carboxylic acids is 1. The van der Waals surface area contributed by atoms with E-state index in [0.717, 1.165) is 30.4 Å². The SMILES string of the molecule is CC(C(C(=O)NCCC[N+](C)(C)CCCC(=O)O)C(C)(C)C)C(C)(C)C(C)(C)CC(C)(C)C. The monoisotopic (exact) mass is 469 g/mol. The number of nitrogens with zero attached hydrogens (tertiary/aromatic N) is 1. The summed E-state index contributed by atoms with van der Waals surface area (Å²) >= 11 is 0. The molecule has 2 unspecified atom stereocenters. The van der Waals surface area contributed by atoms with E-state index in [0.29, 0.717) is 13.0 Å². The normalized spacial score (nSPS) is 15.8. The summed E-state index contributed by atoms with van der Waals surface area (Å²) in [6.45, 7) is 27.5. The summed E-state index contributed by atoms with van der Waals surface area (Å²) in [7, 11) is 4.26. The van der Waals surface area contributed by atoms with Crippen LogP contribution in [0.4, 0.5) is 0 Å². The van der Waals surface area contributed by atoms with Crippen LogP contribution in [-0.2, 0) is 9.59 Å². The van der Waals surface area contributed by atoms with Crippen molar-refractivity contribution in [3.05, 3.63) is 0 Å². The van der Waals surface area contributed by atoms with Gasteiger partial charge in [-0.15, -0.1) is 0 Å². The fourth-order valence-electron chi connectivity index (χ4n) is 5.56. The van der Waals surface area contributed by atoms with Crippen LogP contribution < -0.4 is 5.32 Å². The van der Waals surface area contributed by atoms with Gasteiger partial charge in [-0.05, 0) is 34.0 Å². The number of quaternary nitrogens is 1. The molecule has 0 rings (SSSR count). The second-order valence-corrected chi connectivity index (χ2v) is 14.5. The Bertz CT molecular complexity index is 637. The Morgan fingerprint density at radius 3 is 1.79 bits per heavy atom. The van der Waals surface area contributed by atoms with Crippen molar-refractivity contribution < 1.29 is 19.2 Å². The van der Waals surface area contributed by atoms with E-state index in [4.69, 9.17) is 5.11 Å². The van der Waals surface area contributed by atoms with E-state index in [1.807, 2.05) is 0 Å². The number of hydrogen-bond acceptors (Lipinski definition) is 2. The van der Waals surface area contributed by atoms with Crippen molar-refractivity contribution in [3.63, 3.8) is 0 Å². The first-order chi connectivity index (χ1) is 14.5. The molecule has 0 aliphatic rings. The minimum atomic E-state index is -0.738. The number of aliphatic carboxylic acids is 1. The summed E-state index contributed by atoms with van der Waals surface area (Å²) in [6, 6.07) is 0. The van der Waals surface area contributed by atoms with Crippen molar-refractivity contribution in [2.24, 2.45) is 33.5 Å². The molecule has 1 amide bonds. The van der Waals surface area contributed by atoms with E-state index in [9.17, 15) is 9.59 Å². The molecule has 0 aromatic rings. The van der Waals surface area contributed by atoms with Gasteiger partial charge in [0.1, 0.15) is 0 Å². The molecule has 0 saturated heterocycles. The predicted octanol–water partition coefficient (Wildman–Crippen LogP) is 6.22. The van der Waals surface area contributed by atoms with Gasteiger partial charge in [-0.2, -0.15) is 0 Å². The van der Waals surface area contributed by atoms with Gasteiger partial charge in [0.25, 0.3) is 0 Å². The molecule has 2 N–H and O–H groups in total. The largest absolute Gasteiger partial charge is 0.481 e. The molecule has 196 valence electrons. The zero-order valence-electron chi connectivity index (χ0n) is 24.3. The van der Waals surface area contributed by atoms with Gasteiger partial charge >= 0.3 is 5.97 Å². The quantitative estimate of drug-likeness (QED) is 0.248. The molecule has 5 heteroatoms. The molecule has 0 aromatic heterocycles. The van der Waals surface area contributed by atoms with Crippen molar-refractivity contribution in [2.75, 3.05) is 33.7 Å². The second-order valence-electron chi connectivity index (χ2n) is 14.5. The van der Waals surface area contributed by atoms with Gasteiger partial charge in [0.05, 0.1) is 33.6 Å². The molecule has 33 heavy (non-hydrogen) atoms. The highest BCUT2D eigenvalue weighted by Crippen LogP contribution is 2.54. The minimum absolute atomic E-state index is 0.0153. The summed E-state index contributed by atoms with van der Waals surface area (Å²) in [5.74, 6) is -0.438. The van der Waals surface area contributed by atoms with E-state index in [-0.39, 0.29) is 45.8 Å². The Labute approximate surface area is 205 Å². The molecule has 0 aromatic carbocycles. The summed E-state index contributed by atoms with van der Waals surface area (Å²) in [4.78, 5) is 24.2. The van der Waals surface area contributed by atoms with Gasteiger partial charge in [0.15, 0.2) is 0 Å². The van der Waals surface area contributed by atoms with E-state index in [1.165, 1.54) is 0 Å². The maximum atomic E-state index is 13.5. The Hall–Kier alpha value is -1.10. The molecule has 5 nitrogen and oxygen atoms in total. The third kappa shape index (κ3) is 10.8. The van der Waals surface area contributed by atoms with Gasteiger partial charge in [0, 0.05) is 25.3 Å². The summed E-state index contributed by atoms with van der Waals surface area (Å²) in [6.07, 6.45) is 2.88. The average Bonchev–Trinajstić information content (AvgIpc) is 2.54. The first kappa shape index (κ1) is 31.9. The van der Waals surface area contributed by atoms with Crippen LogP contribution in [0.1, 0.15) is 102 Å². The zero-order valence-corrected chi connectivity index (χ0v) is 24.3. The van der Waals surface area contributed by atoms with Crippen molar-refractivity contribution >= 4 is 11.9 Å². The van der Waals surface area contributed by atoms with Gasteiger partial charge in [-0.1, -0.05) is 76.2 Å². The van der Waals surface area contributed by atoms with Crippen LogP contribution >= 0.6 is 0 Å². The van der Waals surface area contributed by atoms with Crippen molar-refractivity contribution in [1.82, 2.24) is 5.32 Å². The molecular weight excluding hydrogens is 412 g/mol. The number of carbonyl (C=O) groups excluding carboxylic acids is 1. The fourth-order valence-corrected chi connectivity index (χ4v) is 5.56. The highest BCUT2D eigenvalue weighted by atomic mass is 16.4. The molecule has 0 bridgehead atoms. The number of rotatable bonds is 13. The topological polar surface area (TPSA) is 66.4 Å². The van der Waals surface area contributed by atoms with Crippen LogP contribution in [0, 0.1) is 33.5 Å².